The molecule has 0 unspecified atom stereocenters. The number of alkyl halides is 2. The summed E-state index contributed by atoms with van der Waals surface area (Å²) in [5.41, 5.74) is 0. The zero-order valence-electron chi connectivity index (χ0n) is 5.42. The lowest BCUT2D eigenvalue weighted by atomic mass is 10.3. The number of allylic oxidation sites excluding steroid dienone is 1. The Hall–Kier alpha value is 0.170. The van der Waals surface area contributed by atoms with Crippen LogP contribution in [0.3, 0.4) is 0 Å². The maximum atomic E-state index is 10.0. The van der Waals surface area contributed by atoms with E-state index in [0.29, 0.717) is 0 Å². The average Bonchev–Trinajstić information content (AvgIpc) is 1.82. The van der Waals surface area contributed by atoms with E-state index in [2.05, 4.69) is 31.9 Å². The Morgan fingerprint density at radius 3 is 2.40 bits per heavy atom. The third-order valence-corrected chi connectivity index (χ3v) is 3.24. The number of hydrogen-bond acceptors (Lipinski definition) is 1. The molecule has 0 saturated heterocycles. The van der Waals surface area contributed by atoms with E-state index in [9.17, 15) is 4.79 Å². The molecule has 0 aliphatic rings. The Morgan fingerprint density at radius 1 is 1.60 bits per heavy atom. The molecule has 0 spiro atoms. The second-order valence-corrected chi connectivity index (χ2v) is 4.32. The predicted octanol–water partition coefficient (Wildman–Crippen LogP) is 2.17. The predicted molar refractivity (Wildman–Crippen MR) is 47.9 cm³/mol. The molecule has 0 amide bonds. The van der Waals surface area contributed by atoms with E-state index in [4.69, 9.17) is 5.11 Å². The molecular weight excluding hydrogens is 264 g/mol. The van der Waals surface area contributed by atoms with Gasteiger partial charge in [-0.25, -0.2) is 4.79 Å². The second-order valence-electron chi connectivity index (χ2n) is 1.82. The van der Waals surface area contributed by atoms with Crippen LogP contribution in [0.1, 0.15) is 6.92 Å². The van der Waals surface area contributed by atoms with Crippen molar-refractivity contribution >= 4 is 37.8 Å². The molecule has 0 aromatic heterocycles. The van der Waals surface area contributed by atoms with Crippen molar-refractivity contribution in [1.82, 2.24) is 0 Å². The van der Waals surface area contributed by atoms with Crippen LogP contribution in [-0.2, 0) is 4.79 Å². The molecule has 4 heteroatoms. The number of rotatable bonds is 3. The maximum Gasteiger partial charge on any atom is 0.328 e. The first-order valence-electron chi connectivity index (χ1n) is 2.73. The number of carbonyl (C=O) groups is 1. The molecule has 0 saturated carbocycles. The van der Waals surface area contributed by atoms with Crippen LogP contribution in [0, 0.1) is 0 Å². The maximum absolute atomic E-state index is 10.0. The van der Waals surface area contributed by atoms with E-state index in [0.717, 1.165) is 6.08 Å². The molecule has 0 rings (SSSR count). The molecule has 10 heavy (non-hydrogen) atoms. The van der Waals surface area contributed by atoms with Gasteiger partial charge in [0.05, 0.1) is 0 Å². The molecule has 0 fully saturated rings. The van der Waals surface area contributed by atoms with Gasteiger partial charge in [0.25, 0.3) is 0 Å². The smallest absolute Gasteiger partial charge is 0.328 e. The topological polar surface area (TPSA) is 37.3 Å². The van der Waals surface area contributed by atoms with E-state index in [-0.39, 0.29) is 9.65 Å². The molecule has 0 bridgehead atoms. The fourth-order valence-electron chi connectivity index (χ4n) is 0.327. The Balaban J connectivity index is 3.77. The van der Waals surface area contributed by atoms with Crippen LogP contribution in [0.4, 0.5) is 0 Å². The average molecular weight is 272 g/mol. The molecule has 0 heterocycles. The van der Waals surface area contributed by atoms with Gasteiger partial charge in [0.2, 0.25) is 0 Å². The summed E-state index contributed by atoms with van der Waals surface area (Å²) in [6.07, 6.45) is 2.71. The van der Waals surface area contributed by atoms with E-state index in [1.54, 1.807) is 6.08 Å². The summed E-state index contributed by atoms with van der Waals surface area (Å²) in [6.45, 7) is 1.94. The summed E-state index contributed by atoms with van der Waals surface area (Å²) in [7, 11) is 0. The van der Waals surface area contributed by atoms with Gasteiger partial charge in [0, 0.05) is 15.7 Å². The van der Waals surface area contributed by atoms with Gasteiger partial charge in [-0.05, 0) is 0 Å². The van der Waals surface area contributed by atoms with Gasteiger partial charge < -0.3 is 5.11 Å². The van der Waals surface area contributed by atoms with Gasteiger partial charge >= 0.3 is 5.97 Å². The second kappa shape index (κ2) is 4.91. The zero-order chi connectivity index (χ0) is 8.15. The van der Waals surface area contributed by atoms with Gasteiger partial charge in [-0.1, -0.05) is 44.9 Å². The summed E-state index contributed by atoms with van der Waals surface area (Å²) in [5.74, 6) is -0.919. The summed E-state index contributed by atoms with van der Waals surface area (Å²) in [5, 5.41) is 8.22. The number of halogens is 2. The molecular formula is C6H8Br2O2. The summed E-state index contributed by atoms with van der Waals surface area (Å²) >= 11 is 6.57. The normalized spacial score (nSPS) is 17.1. The number of aliphatic carboxylic acids is 1. The molecule has 0 aliphatic heterocycles. The van der Waals surface area contributed by atoms with Gasteiger partial charge in [-0.15, -0.1) is 0 Å². The Morgan fingerprint density at radius 2 is 2.10 bits per heavy atom. The van der Waals surface area contributed by atoms with Crippen molar-refractivity contribution in [3.63, 3.8) is 0 Å². The molecule has 0 radical (unpaired) electrons. The van der Waals surface area contributed by atoms with Crippen LogP contribution in [0.2, 0.25) is 0 Å². The molecule has 0 aromatic rings. The first kappa shape index (κ1) is 10.2. The minimum absolute atomic E-state index is 0.0728. The zero-order valence-corrected chi connectivity index (χ0v) is 8.59. The fraction of sp³-hybridized carbons (Fsp3) is 0.500. The molecule has 0 aromatic carbocycles. The van der Waals surface area contributed by atoms with E-state index < -0.39 is 5.97 Å². The van der Waals surface area contributed by atoms with Crippen molar-refractivity contribution in [3.8, 4) is 0 Å². The third kappa shape index (κ3) is 4.99. The van der Waals surface area contributed by atoms with Gasteiger partial charge in [0.1, 0.15) is 0 Å². The van der Waals surface area contributed by atoms with Crippen molar-refractivity contribution in [2.75, 3.05) is 0 Å². The van der Waals surface area contributed by atoms with E-state index in [1.165, 1.54) is 0 Å². The standard InChI is InChI=1S/C6H8Br2O2/c1-4(7)5(8)2-3-6(9)10/h2-5H,1H3,(H,9,10)/b3-2+/t4-,5-/m0/s1. The number of carboxylic acid groups (broad SMARTS) is 1. The SMILES string of the molecule is C[C@H](Br)[C@@H](Br)/C=C/C(=O)O. The lowest BCUT2D eigenvalue weighted by molar-refractivity contribution is -0.131. The van der Waals surface area contributed by atoms with Crippen molar-refractivity contribution in [2.24, 2.45) is 0 Å². The van der Waals surface area contributed by atoms with Crippen molar-refractivity contribution in [2.45, 2.75) is 16.6 Å². The molecule has 2 atom stereocenters. The summed E-state index contributed by atoms with van der Waals surface area (Å²) in [6, 6.07) is 0. The molecule has 1 N–H and O–H groups in total. The molecule has 2 nitrogen and oxygen atoms in total. The van der Waals surface area contributed by atoms with Crippen molar-refractivity contribution in [3.05, 3.63) is 12.2 Å². The monoisotopic (exact) mass is 270 g/mol. The van der Waals surface area contributed by atoms with Crippen LogP contribution < -0.4 is 0 Å². The first-order chi connectivity index (χ1) is 4.54. The Bertz CT molecular complexity index is 143. The van der Waals surface area contributed by atoms with Crippen LogP contribution in [0.15, 0.2) is 12.2 Å². The quantitative estimate of drug-likeness (QED) is 0.631. The van der Waals surface area contributed by atoms with Gasteiger partial charge in [-0.2, -0.15) is 0 Å². The number of hydrogen-bond donors (Lipinski definition) is 1. The van der Waals surface area contributed by atoms with Crippen LogP contribution in [-0.4, -0.2) is 20.7 Å². The van der Waals surface area contributed by atoms with Crippen LogP contribution in [0.5, 0.6) is 0 Å². The minimum atomic E-state index is -0.919. The molecule has 0 aliphatic carbocycles. The van der Waals surface area contributed by atoms with Crippen molar-refractivity contribution in [1.29, 1.82) is 0 Å². The first-order valence-corrected chi connectivity index (χ1v) is 4.56. The highest BCUT2D eigenvalue weighted by Gasteiger charge is 2.05. The highest BCUT2D eigenvalue weighted by atomic mass is 79.9. The van der Waals surface area contributed by atoms with Gasteiger partial charge in [0.15, 0.2) is 0 Å². The third-order valence-electron chi connectivity index (χ3n) is 0.861. The van der Waals surface area contributed by atoms with Crippen LogP contribution >= 0.6 is 31.9 Å². The van der Waals surface area contributed by atoms with E-state index >= 15 is 0 Å². The highest BCUT2D eigenvalue weighted by Crippen LogP contribution is 2.14. The lowest BCUT2D eigenvalue weighted by Crippen LogP contribution is -2.06. The minimum Gasteiger partial charge on any atom is -0.478 e. The fourth-order valence-corrected chi connectivity index (χ4v) is 0.656. The molecule has 58 valence electrons. The lowest BCUT2D eigenvalue weighted by Gasteiger charge is -2.04. The Labute approximate surface area is 76.6 Å². The van der Waals surface area contributed by atoms with Crippen molar-refractivity contribution < 1.29 is 9.90 Å². The Kier molecular flexibility index (Phi) is 4.99. The van der Waals surface area contributed by atoms with Gasteiger partial charge in [-0.3, -0.25) is 0 Å². The highest BCUT2D eigenvalue weighted by molar-refractivity contribution is 9.12. The van der Waals surface area contributed by atoms with Crippen LogP contribution in [0.25, 0.3) is 0 Å². The summed E-state index contributed by atoms with van der Waals surface area (Å²) in [4.78, 5) is 10.3. The van der Waals surface area contributed by atoms with E-state index in [1.807, 2.05) is 6.92 Å². The summed E-state index contributed by atoms with van der Waals surface area (Å²) < 4.78 is 0. The number of carboxylic acids is 1. The largest absolute Gasteiger partial charge is 0.478 e.